The topological polar surface area (TPSA) is 67.6 Å². The minimum absolute atomic E-state index is 0.0695. The summed E-state index contributed by atoms with van der Waals surface area (Å²) in [6, 6.07) is 7.65. The van der Waals surface area contributed by atoms with Crippen molar-refractivity contribution >= 4 is 11.6 Å². The van der Waals surface area contributed by atoms with Crippen molar-refractivity contribution < 1.29 is 9.53 Å². The molecule has 118 valence electrons. The number of para-hydroxylation sites is 2. The smallest absolute Gasteiger partial charge is 0.234 e. The Balaban J connectivity index is 2.26. The average Bonchev–Trinajstić information content (AvgIpc) is 2.43. The molecule has 1 rings (SSSR count). The molecule has 3 N–H and O–H groups in total. The molecular weight excluding hydrogens is 266 g/mol. The Kier molecular flexibility index (Phi) is 7.61. The summed E-state index contributed by atoms with van der Waals surface area (Å²) in [5.41, 5.74) is 6.47. The second-order valence-electron chi connectivity index (χ2n) is 5.33. The first kappa shape index (κ1) is 17.3. The molecule has 0 saturated heterocycles. The summed E-state index contributed by atoms with van der Waals surface area (Å²) < 4.78 is 5.65. The average molecular weight is 293 g/mol. The molecule has 0 aliphatic carbocycles. The van der Waals surface area contributed by atoms with Crippen LogP contribution in [0.5, 0.6) is 5.75 Å². The first-order valence-corrected chi connectivity index (χ1v) is 7.52. The molecule has 1 aromatic rings. The van der Waals surface area contributed by atoms with Gasteiger partial charge in [0.25, 0.3) is 0 Å². The number of carbonyl (C=O) groups excluding carboxylic acids is 1. The van der Waals surface area contributed by atoms with Crippen LogP contribution in [-0.2, 0) is 4.79 Å². The number of rotatable bonds is 9. The summed E-state index contributed by atoms with van der Waals surface area (Å²) in [6.45, 7) is 8.68. The maximum absolute atomic E-state index is 11.7. The second-order valence-corrected chi connectivity index (χ2v) is 5.33. The highest BCUT2D eigenvalue weighted by molar-refractivity contribution is 5.78. The van der Waals surface area contributed by atoms with Gasteiger partial charge in [0.2, 0.25) is 5.91 Å². The Bertz CT molecular complexity index is 435. The number of amides is 1. The van der Waals surface area contributed by atoms with Crippen LogP contribution in [-0.4, -0.2) is 43.1 Å². The molecule has 5 nitrogen and oxygen atoms in total. The van der Waals surface area contributed by atoms with Gasteiger partial charge in [-0.15, -0.1) is 0 Å². The molecular formula is C16H27N3O2. The van der Waals surface area contributed by atoms with Crippen LogP contribution in [0.3, 0.4) is 0 Å². The Morgan fingerprint density at radius 3 is 2.71 bits per heavy atom. The highest BCUT2D eigenvalue weighted by Crippen LogP contribution is 2.19. The number of benzene rings is 1. The lowest BCUT2D eigenvalue weighted by Gasteiger charge is -2.20. The minimum Gasteiger partial charge on any atom is -0.491 e. The van der Waals surface area contributed by atoms with E-state index in [0.717, 1.165) is 25.3 Å². The number of hydrogen-bond donors (Lipinski definition) is 2. The van der Waals surface area contributed by atoms with E-state index in [9.17, 15) is 4.79 Å². The van der Waals surface area contributed by atoms with E-state index in [1.807, 2.05) is 38.1 Å². The third-order valence-corrected chi connectivity index (χ3v) is 3.06. The normalized spacial score (nSPS) is 10.9. The van der Waals surface area contributed by atoms with E-state index in [1.54, 1.807) is 0 Å². The standard InChI is InChI=1S/C16H27N3O2/c1-4-19(12-16(20)18-13(2)3)10-7-11-21-15-9-6-5-8-14(15)17/h5-6,8-9,13H,4,7,10-12,17H2,1-3H3,(H,18,20). The lowest BCUT2D eigenvalue weighted by molar-refractivity contribution is -0.122. The predicted molar refractivity (Wildman–Crippen MR) is 86.4 cm³/mol. The van der Waals surface area contributed by atoms with Crippen molar-refractivity contribution in [2.24, 2.45) is 0 Å². The van der Waals surface area contributed by atoms with E-state index in [2.05, 4.69) is 17.1 Å². The van der Waals surface area contributed by atoms with Gasteiger partial charge in [-0.2, -0.15) is 0 Å². The van der Waals surface area contributed by atoms with Crippen LogP contribution in [0.1, 0.15) is 27.2 Å². The summed E-state index contributed by atoms with van der Waals surface area (Å²) in [5.74, 6) is 0.790. The zero-order valence-corrected chi connectivity index (χ0v) is 13.3. The monoisotopic (exact) mass is 293 g/mol. The van der Waals surface area contributed by atoms with Crippen molar-refractivity contribution in [2.45, 2.75) is 33.2 Å². The highest BCUT2D eigenvalue weighted by Gasteiger charge is 2.09. The molecule has 0 bridgehead atoms. The highest BCUT2D eigenvalue weighted by atomic mass is 16.5. The number of nitrogens with two attached hydrogens (primary N) is 1. The maximum atomic E-state index is 11.7. The van der Waals surface area contributed by atoms with Gasteiger partial charge in [0.1, 0.15) is 5.75 Å². The molecule has 0 fully saturated rings. The molecule has 0 atom stereocenters. The van der Waals surface area contributed by atoms with Gasteiger partial charge in [0, 0.05) is 12.6 Å². The van der Waals surface area contributed by atoms with Crippen molar-refractivity contribution in [3.05, 3.63) is 24.3 Å². The quantitative estimate of drug-likeness (QED) is 0.539. The van der Waals surface area contributed by atoms with Gasteiger partial charge in [0.05, 0.1) is 18.8 Å². The predicted octanol–water partition coefficient (Wildman–Crippen LogP) is 1.88. The molecule has 0 aliphatic rings. The number of nitrogens with zero attached hydrogens (tertiary/aromatic N) is 1. The number of likely N-dealkylation sites (N-methyl/N-ethyl adjacent to an activating group) is 1. The zero-order valence-electron chi connectivity index (χ0n) is 13.3. The zero-order chi connectivity index (χ0) is 15.7. The summed E-state index contributed by atoms with van der Waals surface area (Å²) in [7, 11) is 0. The van der Waals surface area contributed by atoms with E-state index < -0.39 is 0 Å². The van der Waals surface area contributed by atoms with Gasteiger partial charge in [0.15, 0.2) is 0 Å². The molecule has 0 aliphatic heterocycles. The summed E-state index contributed by atoms with van der Waals surface area (Å²) >= 11 is 0. The first-order valence-electron chi connectivity index (χ1n) is 7.52. The van der Waals surface area contributed by atoms with Gasteiger partial charge in [-0.3, -0.25) is 9.69 Å². The van der Waals surface area contributed by atoms with E-state index in [-0.39, 0.29) is 11.9 Å². The molecule has 0 radical (unpaired) electrons. The Hall–Kier alpha value is -1.75. The van der Waals surface area contributed by atoms with E-state index in [4.69, 9.17) is 10.5 Å². The van der Waals surface area contributed by atoms with Crippen LogP contribution < -0.4 is 15.8 Å². The fourth-order valence-corrected chi connectivity index (χ4v) is 2.00. The molecule has 0 spiro atoms. The van der Waals surface area contributed by atoms with Gasteiger partial charge >= 0.3 is 0 Å². The Morgan fingerprint density at radius 2 is 2.10 bits per heavy atom. The third kappa shape index (κ3) is 6.99. The Labute approximate surface area is 127 Å². The molecule has 0 heterocycles. The van der Waals surface area contributed by atoms with Crippen molar-refractivity contribution in [3.63, 3.8) is 0 Å². The van der Waals surface area contributed by atoms with Gasteiger partial charge in [-0.25, -0.2) is 0 Å². The first-order chi connectivity index (χ1) is 10.0. The number of carbonyl (C=O) groups is 1. The van der Waals surface area contributed by atoms with Crippen molar-refractivity contribution in [1.82, 2.24) is 10.2 Å². The van der Waals surface area contributed by atoms with Crippen LogP contribution in [0.15, 0.2) is 24.3 Å². The third-order valence-electron chi connectivity index (χ3n) is 3.06. The van der Waals surface area contributed by atoms with Crippen molar-refractivity contribution in [1.29, 1.82) is 0 Å². The number of nitrogen functional groups attached to an aromatic ring is 1. The van der Waals surface area contributed by atoms with Gasteiger partial charge in [-0.05, 0) is 38.9 Å². The van der Waals surface area contributed by atoms with Crippen LogP contribution in [0.2, 0.25) is 0 Å². The molecule has 0 unspecified atom stereocenters. The summed E-state index contributed by atoms with van der Waals surface area (Å²) in [5, 5.41) is 2.90. The van der Waals surface area contributed by atoms with Crippen LogP contribution in [0, 0.1) is 0 Å². The fourth-order valence-electron chi connectivity index (χ4n) is 2.00. The lowest BCUT2D eigenvalue weighted by atomic mass is 10.3. The summed E-state index contributed by atoms with van der Waals surface area (Å²) in [4.78, 5) is 13.8. The second kappa shape index (κ2) is 9.23. The number of anilines is 1. The fraction of sp³-hybridized carbons (Fsp3) is 0.562. The Morgan fingerprint density at radius 1 is 1.38 bits per heavy atom. The number of ether oxygens (including phenoxy) is 1. The molecule has 0 saturated carbocycles. The lowest BCUT2D eigenvalue weighted by Crippen LogP contribution is -2.40. The van der Waals surface area contributed by atoms with Gasteiger partial charge < -0.3 is 15.8 Å². The van der Waals surface area contributed by atoms with E-state index in [1.165, 1.54) is 0 Å². The van der Waals surface area contributed by atoms with E-state index in [0.29, 0.717) is 18.8 Å². The van der Waals surface area contributed by atoms with Crippen LogP contribution in [0.4, 0.5) is 5.69 Å². The van der Waals surface area contributed by atoms with Gasteiger partial charge in [-0.1, -0.05) is 19.1 Å². The van der Waals surface area contributed by atoms with Crippen molar-refractivity contribution in [3.8, 4) is 5.75 Å². The molecule has 0 aromatic heterocycles. The minimum atomic E-state index is 0.0695. The molecule has 5 heteroatoms. The van der Waals surface area contributed by atoms with Crippen LogP contribution >= 0.6 is 0 Å². The van der Waals surface area contributed by atoms with Crippen LogP contribution in [0.25, 0.3) is 0 Å². The largest absolute Gasteiger partial charge is 0.491 e. The number of nitrogens with one attached hydrogen (secondary N) is 1. The SMILES string of the molecule is CCN(CCCOc1ccccc1N)CC(=O)NC(C)C. The number of hydrogen-bond acceptors (Lipinski definition) is 4. The molecule has 1 aromatic carbocycles. The maximum Gasteiger partial charge on any atom is 0.234 e. The molecule has 1 amide bonds. The van der Waals surface area contributed by atoms with E-state index >= 15 is 0 Å². The summed E-state index contributed by atoms with van der Waals surface area (Å²) in [6.07, 6.45) is 0.858. The van der Waals surface area contributed by atoms with Crippen molar-refractivity contribution in [2.75, 3.05) is 32.0 Å². The molecule has 21 heavy (non-hydrogen) atoms.